The zero-order chi connectivity index (χ0) is 11.0. The standard InChI is InChI=1S/C12H9N4.W/c13-11-12-14-6-7-16(12)8-10(15-11)9-4-2-1-3-5-9;/h1-8H,(H-,13,15);/q-1;. The maximum atomic E-state index is 7.78. The van der Waals surface area contributed by atoms with Gasteiger partial charge in [-0.25, -0.2) is 4.98 Å². The van der Waals surface area contributed by atoms with Gasteiger partial charge in [-0.05, 0) is 17.1 Å². The summed E-state index contributed by atoms with van der Waals surface area (Å²) in [6, 6.07) is 9.83. The fraction of sp³-hybridized carbons (Fsp3) is 0. The van der Waals surface area contributed by atoms with Crippen molar-refractivity contribution in [2.45, 2.75) is 0 Å². The molecule has 5 heteroatoms. The average molecular weight is 393 g/mol. The fourth-order valence-corrected chi connectivity index (χ4v) is 1.68. The molecule has 0 amide bonds. The normalized spacial score (nSPS) is 10.1. The summed E-state index contributed by atoms with van der Waals surface area (Å²) in [7, 11) is 0. The molecule has 0 radical (unpaired) electrons. The van der Waals surface area contributed by atoms with Crippen LogP contribution in [0.4, 0.5) is 5.82 Å². The van der Waals surface area contributed by atoms with E-state index in [2.05, 4.69) is 9.97 Å². The van der Waals surface area contributed by atoms with Gasteiger partial charge in [-0.1, -0.05) is 30.3 Å². The second-order valence-corrected chi connectivity index (χ2v) is 3.50. The minimum atomic E-state index is 0. The SMILES string of the molecule is [NH-]c1nc(-c2ccccc2)cn2ccnc12.[W]. The van der Waals surface area contributed by atoms with Crippen molar-refractivity contribution in [3.8, 4) is 11.3 Å². The van der Waals surface area contributed by atoms with Crippen molar-refractivity contribution < 1.29 is 21.1 Å². The first-order chi connectivity index (χ1) is 7.84. The van der Waals surface area contributed by atoms with Crippen molar-refractivity contribution in [2.75, 3.05) is 0 Å². The van der Waals surface area contributed by atoms with Gasteiger partial charge in [0, 0.05) is 39.7 Å². The van der Waals surface area contributed by atoms with Crippen molar-refractivity contribution in [1.82, 2.24) is 14.4 Å². The van der Waals surface area contributed by atoms with Crippen molar-refractivity contribution >= 4 is 11.5 Å². The third kappa shape index (κ3) is 2.08. The molecule has 84 valence electrons. The monoisotopic (exact) mass is 393 g/mol. The van der Waals surface area contributed by atoms with Crippen LogP contribution in [0.15, 0.2) is 48.9 Å². The summed E-state index contributed by atoms with van der Waals surface area (Å²) in [4.78, 5) is 8.29. The quantitative estimate of drug-likeness (QED) is 0.638. The average Bonchev–Trinajstić information content (AvgIpc) is 2.79. The van der Waals surface area contributed by atoms with Crippen molar-refractivity contribution in [3.63, 3.8) is 0 Å². The summed E-state index contributed by atoms with van der Waals surface area (Å²) in [6.07, 6.45) is 5.38. The number of hydrogen-bond donors (Lipinski definition) is 0. The van der Waals surface area contributed by atoms with Gasteiger partial charge < -0.3 is 15.1 Å². The molecule has 2 aromatic heterocycles. The smallest absolute Gasteiger partial charge is 0.135 e. The minimum Gasteiger partial charge on any atom is -0.479 e. The molecular weight excluding hydrogens is 384 g/mol. The van der Waals surface area contributed by atoms with Crippen LogP contribution in [-0.4, -0.2) is 14.4 Å². The number of nitrogens with zero attached hydrogens (tertiary/aromatic N) is 3. The van der Waals surface area contributed by atoms with Crippen molar-refractivity contribution in [3.05, 3.63) is 54.7 Å². The first-order valence-electron chi connectivity index (χ1n) is 4.95. The maximum Gasteiger partial charge on any atom is 0.135 e. The van der Waals surface area contributed by atoms with Gasteiger partial charge in [0.15, 0.2) is 0 Å². The molecule has 3 aromatic rings. The van der Waals surface area contributed by atoms with E-state index in [1.54, 1.807) is 6.20 Å². The molecule has 17 heavy (non-hydrogen) atoms. The molecule has 0 fully saturated rings. The van der Waals surface area contributed by atoms with Gasteiger partial charge in [-0.3, -0.25) is 0 Å². The Balaban J connectivity index is 0.00000108. The van der Waals surface area contributed by atoms with E-state index in [0.717, 1.165) is 11.3 Å². The van der Waals surface area contributed by atoms with Crippen LogP contribution in [-0.2, 0) is 21.1 Å². The third-order valence-corrected chi connectivity index (χ3v) is 2.44. The van der Waals surface area contributed by atoms with Crippen LogP contribution in [0, 0.1) is 0 Å². The van der Waals surface area contributed by atoms with E-state index in [-0.39, 0.29) is 26.9 Å². The zero-order valence-corrected chi connectivity index (χ0v) is 11.8. The van der Waals surface area contributed by atoms with E-state index in [1.807, 2.05) is 47.1 Å². The summed E-state index contributed by atoms with van der Waals surface area (Å²) >= 11 is 0. The molecule has 3 rings (SSSR count). The second kappa shape index (κ2) is 4.68. The molecule has 0 aliphatic carbocycles. The molecule has 0 aliphatic rings. The Hall–Kier alpha value is -1.67. The number of nitrogens with one attached hydrogen (secondary N) is 1. The Kier molecular flexibility index (Phi) is 3.25. The predicted octanol–water partition coefficient (Wildman–Crippen LogP) is 3.08. The maximum absolute atomic E-state index is 7.78. The molecular formula is C12H9N4W-. The third-order valence-electron chi connectivity index (χ3n) is 2.44. The molecule has 4 nitrogen and oxygen atoms in total. The summed E-state index contributed by atoms with van der Waals surface area (Å²) < 4.78 is 1.82. The molecule has 2 heterocycles. The Labute approximate surface area is 113 Å². The number of benzene rings is 1. The van der Waals surface area contributed by atoms with Gasteiger partial charge >= 0.3 is 0 Å². The van der Waals surface area contributed by atoms with Gasteiger partial charge in [-0.15, -0.1) is 0 Å². The Morgan fingerprint density at radius 3 is 2.65 bits per heavy atom. The zero-order valence-electron chi connectivity index (χ0n) is 8.87. The Morgan fingerprint density at radius 2 is 1.88 bits per heavy atom. The van der Waals surface area contributed by atoms with Gasteiger partial charge in [-0.2, -0.15) is 0 Å². The molecule has 0 bridgehead atoms. The van der Waals surface area contributed by atoms with E-state index in [9.17, 15) is 0 Å². The Morgan fingerprint density at radius 1 is 1.12 bits per heavy atom. The van der Waals surface area contributed by atoms with Crippen LogP contribution >= 0.6 is 0 Å². The number of imidazole rings is 1. The van der Waals surface area contributed by atoms with Crippen LogP contribution in [0.3, 0.4) is 0 Å². The second-order valence-electron chi connectivity index (χ2n) is 3.50. The van der Waals surface area contributed by atoms with Gasteiger partial charge in [0.05, 0.1) is 0 Å². The first-order valence-corrected chi connectivity index (χ1v) is 4.95. The van der Waals surface area contributed by atoms with Crippen LogP contribution in [0.1, 0.15) is 0 Å². The van der Waals surface area contributed by atoms with Crippen molar-refractivity contribution in [1.29, 1.82) is 0 Å². The van der Waals surface area contributed by atoms with Gasteiger partial charge in [0.25, 0.3) is 0 Å². The summed E-state index contributed by atoms with van der Waals surface area (Å²) in [5.41, 5.74) is 10.2. The molecule has 1 aromatic carbocycles. The van der Waals surface area contributed by atoms with E-state index in [4.69, 9.17) is 5.73 Å². The molecule has 0 saturated carbocycles. The molecule has 0 unspecified atom stereocenters. The van der Waals surface area contributed by atoms with E-state index in [1.165, 1.54) is 0 Å². The number of rotatable bonds is 1. The van der Waals surface area contributed by atoms with Crippen LogP contribution in [0.5, 0.6) is 0 Å². The predicted molar refractivity (Wildman–Crippen MR) is 62.4 cm³/mol. The summed E-state index contributed by atoms with van der Waals surface area (Å²) in [5, 5.41) is 0. The minimum absolute atomic E-state index is 0. The molecule has 1 N–H and O–H groups in total. The van der Waals surface area contributed by atoms with Crippen LogP contribution < -0.4 is 0 Å². The fourth-order valence-electron chi connectivity index (χ4n) is 1.68. The van der Waals surface area contributed by atoms with Gasteiger partial charge in [0.2, 0.25) is 0 Å². The molecule has 0 saturated heterocycles. The number of fused-ring (bicyclic) bond motifs is 1. The van der Waals surface area contributed by atoms with E-state index < -0.39 is 0 Å². The molecule has 0 aliphatic heterocycles. The Bertz CT molecular complexity index is 633. The number of aromatic nitrogens is 3. The van der Waals surface area contributed by atoms with Crippen LogP contribution in [0.25, 0.3) is 22.6 Å². The largest absolute Gasteiger partial charge is 0.479 e. The van der Waals surface area contributed by atoms with Crippen LogP contribution in [0.2, 0.25) is 0 Å². The van der Waals surface area contributed by atoms with Crippen molar-refractivity contribution in [2.24, 2.45) is 0 Å². The van der Waals surface area contributed by atoms with Gasteiger partial charge in [0.1, 0.15) is 5.65 Å². The topological polar surface area (TPSA) is 54.0 Å². The summed E-state index contributed by atoms with van der Waals surface area (Å²) in [5.74, 6) is 0.200. The molecule has 0 atom stereocenters. The number of hydrogen-bond acceptors (Lipinski definition) is 2. The van der Waals surface area contributed by atoms with E-state index >= 15 is 0 Å². The van der Waals surface area contributed by atoms with E-state index in [0.29, 0.717) is 5.65 Å². The summed E-state index contributed by atoms with van der Waals surface area (Å²) in [6.45, 7) is 0. The molecule has 0 spiro atoms. The first kappa shape index (κ1) is 11.8.